The van der Waals surface area contributed by atoms with Gasteiger partial charge in [-0.15, -0.1) is 0 Å². The normalized spacial score (nSPS) is 25.6. The van der Waals surface area contributed by atoms with Crippen molar-refractivity contribution in [2.24, 2.45) is 0 Å². The molecular formula is C13H20N2O. The standard InChI is InChI=1S/C13H20N2O/c1-16-13-7-5-11(6-8-13)15-10-12-4-2-3-9-14-12/h2-4,9,11,13,15H,5-8,10H2,1H3. The quantitative estimate of drug-likeness (QED) is 0.844. The Balaban J connectivity index is 1.72. The van der Waals surface area contributed by atoms with Gasteiger partial charge < -0.3 is 10.1 Å². The molecule has 0 aromatic carbocycles. The number of rotatable bonds is 4. The van der Waals surface area contributed by atoms with Crippen molar-refractivity contribution in [3.8, 4) is 0 Å². The van der Waals surface area contributed by atoms with Crippen LogP contribution in [-0.4, -0.2) is 24.2 Å². The fourth-order valence-electron chi connectivity index (χ4n) is 2.25. The first-order chi connectivity index (χ1) is 7.88. The van der Waals surface area contributed by atoms with Crippen molar-refractivity contribution in [1.29, 1.82) is 0 Å². The number of ether oxygens (including phenoxy) is 1. The first kappa shape index (κ1) is 11.6. The summed E-state index contributed by atoms with van der Waals surface area (Å²) in [5, 5.41) is 3.56. The lowest BCUT2D eigenvalue weighted by atomic mass is 9.93. The summed E-state index contributed by atoms with van der Waals surface area (Å²) in [6, 6.07) is 6.68. The van der Waals surface area contributed by atoms with Gasteiger partial charge in [0.25, 0.3) is 0 Å². The van der Waals surface area contributed by atoms with Gasteiger partial charge in [0, 0.05) is 25.9 Å². The highest BCUT2D eigenvalue weighted by Gasteiger charge is 2.20. The number of hydrogen-bond acceptors (Lipinski definition) is 3. The topological polar surface area (TPSA) is 34.1 Å². The molecule has 1 N–H and O–H groups in total. The summed E-state index contributed by atoms with van der Waals surface area (Å²) < 4.78 is 5.36. The minimum atomic E-state index is 0.480. The van der Waals surface area contributed by atoms with Crippen LogP contribution in [0.4, 0.5) is 0 Å². The van der Waals surface area contributed by atoms with Crippen molar-refractivity contribution < 1.29 is 4.74 Å². The average Bonchev–Trinajstić information content (AvgIpc) is 2.38. The monoisotopic (exact) mass is 220 g/mol. The summed E-state index contributed by atoms with van der Waals surface area (Å²) >= 11 is 0. The van der Waals surface area contributed by atoms with Crippen LogP contribution in [0.25, 0.3) is 0 Å². The zero-order valence-corrected chi connectivity index (χ0v) is 9.86. The van der Waals surface area contributed by atoms with Crippen LogP contribution in [0.15, 0.2) is 24.4 Å². The van der Waals surface area contributed by atoms with Crippen LogP contribution in [0.1, 0.15) is 31.4 Å². The Kier molecular flexibility index (Phi) is 4.31. The molecule has 1 aliphatic rings. The summed E-state index contributed by atoms with van der Waals surface area (Å²) in [5.74, 6) is 0. The number of nitrogens with zero attached hydrogens (tertiary/aromatic N) is 1. The van der Waals surface area contributed by atoms with Crippen molar-refractivity contribution in [3.05, 3.63) is 30.1 Å². The predicted octanol–water partition coefficient (Wildman–Crippen LogP) is 2.13. The second kappa shape index (κ2) is 5.97. The van der Waals surface area contributed by atoms with E-state index in [2.05, 4.69) is 16.4 Å². The third-order valence-corrected chi connectivity index (χ3v) is 3.31. The average molecular weight is 220 g/mol. The molecule has 0 radical (unpaired) electrons. The fourth-order valence-corrected chi connectivity index (χ4v) is 2.25. The molecule has 0 atom stereocenters. The Morgan fingerprint density at radius 1 is 1.31 bits per heavy atom. The summed E-state index contributed by atoms with van der Waals surface area (Å²) in [7, 11) is 1.81. The van der Waals surface area contributed by atoms with Crippen molar-refractivity contribution >= 4 is 0 Å². The summed E-state index contributed by atoms with van der Waals surface area (Å²) in [6.45, 7) is 0.878. The van der Waals surface area contributed by atoms with Crippen LogP contribution in [0.3, 0.4) is 0 Å². The molecule has 0 saturated heterocycles. The van der Waals surface area contributed by atoms with E-state index < -0.39 is 0 Å². The highest BCUT2D eigenvalue weighted by Crippen LogP contribution is 2.20. The zero-order valence-electron chi connectivity index (χ0n) is 9.86. The Morgan fingerprint density at radius 3 is 2.75 bits per heavy atom. The van der Waals surface area contributed by atoms with E-state index in [-0.39, 0.29) is 0 Å². The Hall–Kier alpha value is -0.930. The van der Waals surface area contributed by atoms with E-state index in [9.17, 15) is 0 Å². The minimum absolute atomic E-state index is 0.480. The van der Waals surface area contributed by atoms with Gasteiger partial charge in [0.15, 0.2) is 0 Å². The number of hydrogen-bond donors (Lipinski definition) is 1. The number of aromatic nitrogens is 1. The van der Waals surface area contributed by atoms with Gasteiger partial charge >= 0.3 is 0 Å². The Bertz CT molecular complexity index is 294. The van der Waals surface area contributed by atoms with Crippen molar-refractivity contribution in [3.63, 3.8) is 0 Å². The van der Waals surface area contributed by atoms with E-state index >= 15 is 0 Å². The lowest BCUT2D eigenvalue weighted by Gasteiger charge is -2.28. The lowest BCUT2D eigenvalue weighted by Crippen LogP contribution is -2.34. The second-order valence-electron chi connectivity index (χ2n) is 4.41. The molecule has 3 heteroatoms. The van der Waals surface area contributed by atoms with Crippen LogP contribution >= 0.6 is 0 Å². The van der Waals surface area contributed by atoms with E-state index in [4.69, 9.17) is 4.74 Å². The third-order valence-electron chi connectivity index (χ3n) is 3.31. The molecule has 1 saturated carbocycles. The molecule has 0 unspecified atom stereocenters. The molecule has 1 fully saturated rings. The summed E-state index contributed by atoms with van der Waals surface area (Å²) in [6.07, 6.45) is 7.11. The molecule has 0 spiro atoms. The first-order valence-corrected chi connectivity index (χ1v) is 6.04. The molecular weight excluding hydrogens is 200 g/mol. The van der Waals surface area contributed by atoms with Gasteiger partial charge in [-0.05, 0) is 37.8 Å². The summed E-state index contributed by atoms with van der Waals surface area (Å²) in [4.78, 5) is 4.31. The molecule has 0 bridgehead atoms. The second-order valence-corrected chi connectivity index (χ2v) is 4.41. The molecule has 1 aromatic heterocycles. The van der Waals surface area contributed by atoms with Gasteiger partial charge in [0.05, 0.1) is 11.8 Å². The molecule has 0 amide bonds. The molecule has 1 heterocycles. The van der Waals surface area contributed by atoms with Crippen LogP contribution in [0, 0.1) is 0 Å². The number of methoxy groups -OCH3 is 1. The maximum absolute atomic E-state index is 5.36. The maximum atomic E-state index is 5.36. The van der Waals surface area contributed by atoms with Gasteiger partial charge in [-0.2, -0.15) is 0 Å². The van der Waals surface area contributed by atoms with Crippen LogP contribution in [-0.2, 0) is 11.3 Å². The van der Waals surface area contributed by atoms with Crippen LogP contribution in [0.5, 0.6) is 0 Å². The van der Waals surface area contributed by atoms with Gasteiger partial charge in [0.2, 0.25) is 0 Å². The SMILES string of the molecule is COC1CCC(NCc2ccccn2)CC1. The Morgan fingerprint density at radius 2 is 2.12 bits per heavy atom. The maximum Gasteiger partial charge on any atom is 0.0572 e. The Labute approximate surface area is 97.2 Å². The highest BCUT2D eigenvalue weighted by atomic mass is 16.5. The molecule has 3 nitrogen and oxygen atoms in total. The third kappa shape index (κ3) is 3.29. The van der Waals surface area contributed by atoms with Gasteiger partial charge in [-0.25, -0.2) is 0 Å². The van der Waals surface area contributed by atoms with E-state index in [1.807, 2.05) is 25.4 Å². The number of nitrogens with one attached hydrogen (secondary N) is 1. The molecule has 16 heavy (non-hydrogen) atoms. The highest BCUT2D eigenvalue weighted by molar-refractivity contribution is 5.03. The zero-order chi connectivity index (χ0) is 11.2. The molecule has 0 aliphatic heterocycles. The largest absolute Gasteiger partial charge is 0.381 e. The summed E-state index contributed by atoms with van der Waals surface area (Å²) in [5.41, 5.74) is 1.12. The van der Waals surface area contributed by atoms with Gasteiger partial charge in [-0.3, -0.25) is 4.98 Å². The van der Waals surface area contributed by atoms with Crippen molar-refractivity contribution in [1.82, 2.24) is 10.3 Å². The predicted molar refractivity (Wildman–Crippen MR) is 64.1 cm³/mol. The molecule has 1 aliphatic carbocycles. The first-order valence-electron chi connectivity index (χ1n) is 6.04. The lowest BCUT2D eigenvalue weighted by molar-refractivity contribution is 0.0623. The minimum Gasteiger partial charge on any atom is -0.381 e. The molecule has 1 aromatic rings. The molecule has 2 rings (SSSR count). The smallest absolute Gasteiger partial charge is 0.0572 e. The van der Waals surface area contributed by atoms with E-state index in [1.165, 1.54) is 25.7 Å². The van der Waals surface area contributed by atoms with E-state index in [0.717, 1.165) is 12.2 Å². The van der Waals surface area contributed by atoms with E-state index in [1.54, 1.807) is 0 Å². The van der Waals surface area contributed by atoms with Gasteiger partial charge in [0.1, 0.15) is 0 Å². The van der Waals surface area contributed by atoms with E-state index in [0.29, 0.717) is 12.1 Å². The van der Waals surface area contributed by atoms with Crippen molar-refractivity contribution in [2.45, 2.75) is 44.4 Å². The fraction of sp³-hybridized carbons (Fsp3) is 0.615. The van der Waals surface area contributed by atoms with Gasteiger partial charge in [-0.1, -0.05) is 6.07 Å². The molecule has 88 valence electrons. The number of pyridine rings is 1. The van der Waals surface area contributed by atoms with Crippen LogP contribution < -0.4 is 5.32 Å². The van der Waals surface area contributed by atoms with Crippen LogP contribution in [0.2, 0.25) is 0 Å². The van der Waals surface area contributed by atoms with Crippen molar-refractivity contribution in [2.75, 3.05) is 7.11 Å².